The summed E-state index contributed by atoms with van der Waals surface area (Å²) in [6, 6.07) is 4.44. The monoisotopic (exact) mass is 500 g/mol. The molecule has 1 aliphatic heterocycles. The van der Waals surface area contributed by atoms with Crippen molar-refractivity contribution in [3.05, 3.63) is 63.7 Å². The number of nitriles is 1. The number of rotatable bonds is 2. The van der Waals surface area contributed by atoms with Crippen LogP contribution in [0.5, 0.6) is 0 Å². The molecule has 176 valence electrons. The first-order chi connectivity index (χ1) is 15.0. The first kappa shape index (κ1) is 24.7. The summed E-state index contributed by atoms with van der Waals surface area (Å²) in [4.78, 5) is 13.6. The number of amides is 1. The van der Waals surface area contributed by atoms with Gasteiger partial charge in [0.25, 0.3) is 0 Å². The summed E-state index contributed by atoms with van der Waals surface area (Å²) in [7, 11) is 0. The molecule has 1 unspecified atom stereocenters. The third kappa shape index (κ3) is 4.21. The van der Waals surface area contributed by atoms with Crippen molar-refractivity contribution in [1.29, 1.82) is 5.26 Å². The van der Waals surface area contributed by atoms with Gasteiger partial charge in [-0.25, -0.2) is 0 Å². The molecule has 13 heteroatoms. The van der Waals surface area contributed by atoms with E-state index in [0.29, 0.717) is 4.90 Å². The zero-order valence-electron chi connectivity index (χ0n) is 16.0. The van der Waals surface area contributed by atoms with Crippen LogP contribution >= 0.6 is 11.6 Å². The largest absolute Gasteiger partial charge is 0.416 e. The minimum Gasteiger partial charge on any atom is -0.311 e. The van der Waals surface area contributed by atoms with E-state index in [1.807, 2.05) is 0 Å². The number of carbonyl (C=O) groups excluding carboxylic acids is 1. The second kappa shape index (κ2) is 7.83. The van der Waals surface area contributed by atoms with Crippen molar-refractivity contribution < 1.29 is 44.3 Å². The van der Waals surface area contributed by atoms with E-state index in [9.17, 15) is 44.3 Å². The Balaban J connectivity index is 2.23. The Bertz CT molecular complexity index is 1120. The Morgan fingerprint density at radius 3 is 1.88 bits per heavy atom. The Labute approximate surface area is 185 Å². The minimum atomic E-state index is -5.53. The highest BCUT2D eigenvalue weighted by atomic mass is 35.5. The van der Waals surface area contributed by atoms with Gasteiger partial charge in [0, 0.05) is 12.2 Å². The van der Waals surface area contributed by atoms with E-state index in [1.165, 1.54) is 0 Å². The molecule has 2 aromatic rings. The second-order valence-electron chi connectivity index (χ2n) is 7.18. The summed E-state index contributed by atoms with van der Waals surface area (Å²) in [6.07, 6.45) is -17.5. The van der Waals surface area contributed by atoms with Crippen LogP contribution in [-0.2, 0) is 22.6 Å². The molecule has 1 atom stereocenters. The van der Waals surface area contributed by atoms with E-state index in [0.717, 1.165) is 18.2 Å². The van der Waals surface area contributed by atoms with E-state index < -0.39 is 59.5 Å². The normalized spacial score (nSPS) is 19.7. The van der Waals surface area contributed by atoms with Gasteiger partial charge in [-0.3, -0.25) is 4.79 Å². The smallest absolute Gasteiger partial charge is 0.311 e. The molecule has 3 nitrogen and oxygen atoms in total. The number of carbonyl (C=O) groups is 1. The van der Waals surface area contributed by atoms with Crippen LogP contribution in [0, 0.1) is 11.3 Å². The molecular formula is C20H10ClF9N2O. The minimum absolute atomic E-state index is 0.0538. The number of alkyl halides is 9. The molecule has 0 bridgehead atoms. The zero-order chi connectivity index (χ0) is 25.0. The molecule has 0 N–H and O–H groups in total. The number of benzene rings is 2. The molecule has 0 aliphatic carbocycles. The Morgan fingerprint density at radius 1 is 0.909 bits per heavy atom. The highest BCUT2D eigenvalue weighted by Crippen LogP contribution is 2.51. The number of hydrogen-bond donors (Lipinski definition) is 0. The first-order valence-electron chi connectivity index (χ1n) is 8.90. The van der Waals surface area contributed by atoms with Crippen LogP contribution in [0.3, 0.4) is 0 Å². The predicted molar refractivity (Wildman–Crippen MR) is 97.3 cm³/mol. The number of nitrogens with zero attached hydrogens (tertiary/aromatic N) is 2. The van der Waals surface area contributed by atoms with Gasteiger partial charge in [-0.2, -0.15) is 44.8 Å². The van der Waals surface area contributed by atoms with E-state index in [2.05, 4.69) is 0 Å². The van der Waals surface area contributed by atoms with Gasteiger partial charge in [-0.05, 0) is 48.4 Å². The Morgan fingerprint density at radius 2 is 1.45 bits per heavy atom. The van der Waals surface area contributed by atoms with E-state index in [1.54, 1.807) is 6.07 Å². The predicted octanol–water partition coefficient (Wildman–Crippen LogP) is 6.49. The standard InChI is InChI=1S/C20H10ClF9N2O/c21-15-8-14(2-1-10(15)9-31)32-4-3-17(16(32)33,20(28,29)30)11-5-12(18(22,23)24)7-13(6-11)19(25,26)27/h1-2,5-8H,3-4H2. The van der Waals surface area contributed by atoms with Crippen LogP contribution < -0.4 is 4.90 Å². The van der Waals surface area contributed by atoms with Crippen LogP contribution in [0.1, 0.15) is 28.7 Å². The topological polar surface area (TPSA) is 44.1 Å². The quantitative estimate of drug-likeness (QED) is 0.443. The van der Waals surface area contributed by atoms with Gasteiger partial charge < -0.3 is 4.90 Å². The average Bonchev–Trinajstić information content (AvgIpc) is 3.04. The lowest BCUT2D eigenvalue weighted by Crippen LogP contribution is -2.49. The summed E-state index contributed by atoms with van der Waals surface area (Å²) in [5.41, 5.74) is -9.31. The van der Waals surface area contributed by atoms with Crippen LogP contribution in [0.2, 0.25) is 5.02 Å². The Hall–Kier alpha value is -2.94. The fourth-order valence-corrected chi connectivity index (χ4v) is 3.84. The molecule has 1 aliphatic rings. The van der Waals surface area contributed by atoms with E-state index in [-0.39, 0.29) is 34.5 Å². The number of anilines is 1. The maximum absolute atomic E-state index is 14.2. The van der Waals surface area contributed by atoms with Crippen LogP contribution in [0.15, 0.2) is 36.4 Å². The lowest BCUT2D eigenvalue weighted by molar-refractivity contribution is -0.191. The van der Waals surface area contributed by atoms with Crippen LogP contribution in [-0.4, -0.2) is 18.6 Å². The molecule has 0 aromatic heterocycles. The van der Waals surface area contributed by atoms with Crippen molar-refractivity contribution in [3.63, 3.8) is 0 Å². The number of halogens is 10. The van der Waals surface area contributed by atoms with Gasteiger partial charge in [0.2, 0.25) is 5.91 Å². The lowest BCUT2D eigenvalue weighted by atomic mass is 9.77. The van der Waals surface area contributed by atoms with Crippen LogP contribution in [0.4, 0.5) is 45.2 Å². The van der Waals surface area contributed by atoms with Crippen molar-refractivity contribution in [1.82, 2.24) is 0 Å². The Kier molecular flexibility index (Phi) is 5.86. The molecule has 1 heterocycles. The highest BCUT2D eigenvalue weighted by Gasteiger charge is 2.66. The summed E-state index contributed by atoms with van der Waals surface area (Å²) >= 11 is 5.84. The lowest BCUT2D eigenvalue weighted by Gasteiger charge is -2.32. The van der Waals surface area contributed by atoms with Crippen molar-refractivity contribution in [2.24, 2.45) is 0 Å². The van der Waals surface area contributed by atoms with Gasteiger partial charge in [0.1, 0.15) is 6.07 Å². The van der Waals surface area contributed by atoms with Gasteiger partial charge in [0.15, 0.2) is 5.41 Å². The fraction of sp³-hybridized carbons (Fsp3) is 0.300. The van der Waals surface area contributed by atoms with Crippen molar-refractivity contribution in [3.8, 4) is 6.07 Å². The maximum Gasteiger partial charge on any atom is 0.416 e. The van der Waals surface area contributed by atoms with Crippen LogP contribution in [0.25, 0.3) is 0 Å². The molecule has 0 saturated carbocycles. The third-order valence-electron chi connectivity index (χ3n) is 5.27. The first-order valence-corrected chi connectivity index (χ1v) is 9.28. The van der Waals surface area contributed by atoms with Gasteiger partial charge in [0.05, 0.1) is 21.7 Å². The molecular weight excluding hydrogens is 491 g/mol. The number of hydrogen-bond acceptors (Lipinski definition) is 2. The van der Waals surface area contributed by atoms with E-state index >= 15 is 0 Å². The second-order valence-corrected chi connectivity index (χ2v) is 7.59. The van der Waals surface area contributed by atoms with Crippen molar-refractivity contribution >= 4 is 23.2 Å². The third-order valence-corrected chi connectivity index (χ3v) is 5.58. The molecule has 1 saturated heterocycles. The molecule has 0 radical (unpaired) electrons. The SMILES string of the molecule is N#Cc1ccc(N2CCC(c3cc(C(F)(F)F)cc(C(F)(F)F)c3)(C(F)(F)F)C2=O)cc1Cl. The van der Waals surface area contributed by atoms with Crippen molar-refractivity contribution in [2.45, 2.75) is 30.4 Å². The molecule has 33 heavy (non-hydrogen) atoms. The van der Waals surface area contributed by atoms with Gasteiger partial charge in [-0.15, -0.1) is 0 Å². The summed E-state index contributed by atoms with van der Waals surface area (Å²) in [6.45, 7) is -0.668. The van der Waals surface area contributed by atoms with E-state index in [4.69, 9.17) is 16.9 Å². The maximum atomic E-state index is 14.2. The fourth-order valence-electron chi connectivity index (χ4n) is 3.62. The zero-order valence-corrected chi connectivity index (χ0v) is 16.7. The molecule has 3 rings (SSSR count). The molecule has 1 amide bonds. The van der Waals surface area contributed by atoms with Gasteiger partial charge >= 0.3 is 18.5 Å². The average molecular weight is 501 g/mol. The summed E-state index contributed by atoms with van der Waals surface area (Å²) in [5.74, 6) is -1.76. The summed E-state index contributed by atoms with van der Waals surface area (Å²) < 4.78 is 122. The molecule has 1 fully saturated rings. The summed E-state index contributed by atoms with van der Waals surface area (Å²) in [5, 5.41) is 8.70. The highest BCUT2D eigenvalue weighted by molar-refractivity contribution is 6.32. The van der Waals surface area contributed by atoms with Gasteiger partial charge in [-0.1, -0.05) is 11.6 Å². The molecule has 0 spiro atoms. The molecule has 2 aromatic carbocycles. The van der Waals surface area contributed by atoms with Crippen molar-refractivity contribution in [2.75, 3.05) is 11.4 Å².